The van der Waals surface area contributed by atoms with E-state index in [1.165, 1.54) is 19.1 Å². The molecule has 0 N–H and O–H groups in total. The van der Waals surface area contributed by atoms with Crippen molar-refractivity contribution in [2.45, 2.75) is 52.4 Å². The highest BCUT2D eigenvalue weighted by Gasteiger charge is 2.49. The Kier molecular flexibility index (Phi) is 5.02. The normalized spacial score (nSPS) is 19.9. The van der Waals surface area contributed by atoms with E-state index in [9.17, 15) is 14.4 Å². The maximum absolute atomic E-state index is 12.3. The summed E-state index contributed by atoms with van der Waals surface area (Å²) in [4.78, 5) is 35.9. The van der Waals surface area contributed by atoms with Gasteiger partial charge in [0.05, 0.1) is 5.56 Å². The lowest BCUT2D eigenvalue weighted by atomic mass is 9.87. The van der Waals surface area contributed by atoms with Gasteiger partial charge in [0.1, 0.15) is 16.9 Å². The number of rotatable bonds is 3. The number of hydrogen-bond acceptors (Lipinski definition) is 7. The summed E-state index contributed by atoms with van der Waals surface area (Å²) in [5.74, 6) is -0.747. The molecule has 0 unspecified atom stereocenters. The van der Waals surface area contributed by atoms with Gasteiger partial charge < -0.3 is 18.6 Å². The Labute approximate surface area is 161 Å². The van der Waals surface area contributed by atoms with Crippen LogP contribution in [-0.2, 0) is 19.1 Å². The van der Waals surface area contributed by atoms with Crippen LogP contribution in [0.1, 0.15) is 46.3 Å². The van der Waals surface area contributed by atoms with Crippen molar-refractivity contribution in [3.63, 3.8) is 0 Å². The Hall–Kier alpha value is -3.09. The van der Waals surface area contributed by atoms with Gasteiger partial charge in [-0.15, -0.1) is 0 Å². The standard InChI is InChI=1S/C21H22O7/c1-11(2)10-16(24)27-20-19(25-12(3)22)17-14(28-21(20,4)5)8-6-13-7-9-15(23)26-18(13)17/h6-10,19-20H,1-5H3/t19-,20-/m1/s1. The van der Waals surface area contributed by atoms with E-state index in [0.29, 0.717) is 16.7 Å². The zero-order valence-electron chi connectivity index (χ0n) is 16.4. The first kappa shape index (κ1) is 19.7. The van der Waals surface area contributed by atoms with Crippen molar-refractivity contribution >= 4 is 22.9 Å². The van der Waals surface area contributed by atoms with Crippen molar-refractivity contribution in [3.8, 4) is 5.75 Å². The molecular weight excluding hydrogens is 364 g/mol. The van der Waals surface area contributed by atoms with E-state index in [4.69, 9.17) is 18.6 Å². The topological polar surface area (TPSA) is 92.0 Å². The summed E-state index contributed by atoms with van der Waals surface area (Å²) in [6.07, 6.45) is -0.609. The fourth-order valence-corrected chi connectivity index (χ4v) is 3.25. The SMILES string of the molecule is CC(=O)O[C@@H]1c2c(ccc3ccc(=O)oc23)OC(C)(C)[C@@H]1OC(=O)C=C(C)C. The quantitative estimate of drug-likeness (QED) is 0.453. The summed E-state index contributed by atoms with van der Waals surface area (Å²) in [7, 11) is 0. The number of carbonyl (C=O) groups excluding carboxylic acids is 2. The molecule has 2 heterocycles. The van der Waals surface area contributed by atoms with Crippen molar-refractivity contribution in [2.24, 2.45) is 0 Å². The smallest absolute Gasteiger partial charge is 0.336 e. The van der Waals surface area contributed by atoms with Crippen LogP contribution < -0.4 is 10.4 Å². The van der Waals surface area contributed by atoms with Crippen molar-refractivity contribution in [3.05, 3.63) is 51.9 Å². The maximum Gasteiger partial charge on any atom is 0.336 e. The van der Waals surface area contributed by atoms with E-state index in [-0.39, 0.29) is 5.58 Å². The Morgan fingerprint density at radius 1 is 1.07 bits per heavy atom. The number of esters is 2. The van der Waals surface area contributed by atoms with Crippen LogP contribution in [0.3, 0.4) is 0 Å². The molecule has 1 aliphatic heterocycles. The second-order valence-electron chi connectivity index (χ2n) is 7.46. The molecule has 0 amide bonds. The largest absolute Gasteiger partial charge is 0.483 e. The van der Waals surface area contributed by atoms with Gasteiger partial charge in [-0.05, 0) is 45.9 Å². The third-order valence-electron chi connectivity index (χ3n) is 4.35. The first-order valence-corrected chi connectivity index (χ1v) is 8.87. The van der Waals surface area contributed by atoms with Crippen LogP contribution in [0.2, 0.25) is 0 Å². The van der Waals surface area contributed by atoms with E-state index in [1.54, 1.807) is 45.9 Å². The average Bonchev–Trinajstić information content (AvgIpc) is 2.56. The molecule has 2 atom stereocenters. The highest BCUT2D eigenvalue weighted by Crippen LogP contribution is 2.46. The predicted molar refractivity (Wildman–Crippen MR) is 101 cm³/mol. The second kappa shape index (κ2) is 7.14. The highest BCUT2D eigenvalue weighted by atomic mass is 16.6. The number of ether oxygens (including phenoxy) is 3. The Bertz CT molecular complexity index is 1020. The Morgan fingerprint density at radius 2 is 1.75 bits per heavy atom. The minimum atomic E-state index is -1.000. The van der Waals surface area contributed by atoms with E-state index >= 15 is 0 Å². The number of hydrogen-bond donors (Lipinski definition) is 0. The van der Waals surface area contributed by atoms with Crippen LogP contribution in [0, 0.1) is 0 Å². The second-order valence-corrected chi connectivity index (χ2v) is 7.46. The molecule has 0 radical (unpaired) electrons. The molecule has 7 heteroatoms. The van der Waals surface area contributed by atoms with Gasteiger partial charge in [-0.2, -0.15) is 0 Å². The van der Waals surface area contributed by atoms with Gasteiger partial charge in [0.15, 0.2) is 12.2 Å². The van der Waals surface area contributed by atoms with Crippen LogP contribution in [0.15, 0.2) is 45.1 Å². The molecule has 7 nitrogen and oxygen atoms in total. The molecule has 0 fully saturated rings. The van der Waals surface area contributed by atoms with Crippen molar-refractivity contribution in [1.82, 2.24) is 0 Å². The number of fused-ring (bicyclic) bond motifs is 3. The molecule has 28 heavy (non-hydrogen) atoms. The zero-order valence-corrected chi connectivity index (χ0v) is 16.4. The average molecular weight is 386 g/mol. The number of allylic oxidation sites excluding steroid dienone is 1. The highest BCUT2D eigenvalue weighted by molar-refractivity contribution is 5.85. The maximum atomic E-state index is 12.3. The first-order chi connectivity index (χ1) is 13.1. The van der Waals surface area contributed by atoms with Gasteiger partial charge in [0, 0.05) is 24.5 Å². The molecule has 2 aromatic rings. The minimum absolute atomic E-state index is 0.231. The lowest BCUT2D eigenvalue weighted by Crippen LogP contribution is -2.52. The van der Waals surface area contributed by atoms with Crippen molar-refractivity contribution in [1.29, 1.82) is 0 Å². The Balaban J connectivity index is 2.20. The molecule has 1 aliphatic rings. The zero-order chi connectivity index (χ0) is 20.6. The summed E-state index contributed by atoms with van der Waals surface area (Å²) < 4.78 is 22.6. The summed E-state index contributed by atoms with van der Waals surface area (Å²) in [5.41, 5.74) is -0.193. The molecule has 3 rings (SSSR count). The van der Waals surface area contributed by atoms with Gasteiger partial charge in [0.25, 0.3) is 0 Å². The lowest BCUT2D eigenvalue weighted by Gasteiger charge is -2.43. The molecule has 0 saturated carbocycles. The molecule has 0 aliphatic carbocycles. The van der Waals surface area contributed by atoms with Crippen molar-refractivity contribution < 1.29 is 28.2 Å². The minimum Gasteiger partial charge on any atom is -0.483 e. The lowest BCUT2D eigenvalue weighted by molar-refractivity contribution is -0.185. The van der Waals surface area contributed by atoms with E-state index in [1.807, 2.05) is 0 Å². The molecule has 0 spiro atoms. The van der Waals surface area contributed by atoms with Crippen LogP contribution in [0.5, 0.6) is 5.75 Å². The molecular formula is C21H22O7. The van der Waals surface area contributed by atoms with Gasteiger partial charge in [-0.1, -0.05) is 5.57 Å². The van der Waals surface area contributed by atoms with E-state index < -0.39 is 35.4 Å². The van der Waals surface area contributed by atoms with Crippen LogP contribution in [0.4, 0.5) is 0 Å². The number of carbonyl (C=O) groups is 2. The fourth-order valence-electron chi connectivity index (χ4n) is 3.25. The summed E-state index contributed by atoms with van der Waals surface area (Å²) in [6, 6.07) is 6.36. The van der Waals surface area contributed by atoms with E-state index in [2.05, 4.69) is 0 Å². The van der Waals surface area contributed by atoms with Gasteiger partial charge in [-0.3, -0.25) is 4.79 Å². The third-order valence-corrected chi connectivity index (χ3v) is 4.35. The molecule has 0 bridgehead atoms. The summed E-state index contributed by atoms with van der Waals surface area (Å²) in [6.45, 7) is 8.27. The van der Waals surface area contributed by atoms with Crippen LogP contribution in [-0.4, -0.2) is 23.6 Å². The monoisotopic (exact) mass is 386 g/mol. The summed E-state index contributed by atoms with van der Waals surface area (Å²) >= 11 is 0. The first-order valence-electron chi connectivity index (χ1n) is 8.87. The Morgan fingerprint density at radius 3 is 2.39 bits per heavy atom. The van der Waals surface area contributed by atoms with Gasteiger partial charge in [0.2, 0.25) is 0 Å². The molecule has 148 valence electrons. The predicted octanol–water partition coefficient (Wildman–Crippen LogP) is 3.45. The molecule has 1 aromatic carbocycles. The molecule has 0 saturated heterocycles. The molecule has 1 aromatic heterocycles. The van der Waals surface area contributed by atoms with Crippen LogP contribution in [0.25, 0.3) is 11.0 Å². The van der Waals surface area contributed by atoms with Crippen LogP contribution >= 0.6 is 0 Å². The van der Waals surface area contributed by atoms with Gasteiger partial charge in [-0.25, -0.2) is 9.59 Å². The third kappa shape index (κ3) is 3.78. The summed E-state index contributed by atoms with van der Waals surface area (Å²) in [5, 5.41) is 0.633. The number of benzene rings is 1. The fraction of sp³-hybridized carbons (Fsp3) is 0.381. The van der Waals surface area contributed by atoms with E-state index in [0.717, 1.165) is 5.57 Å². The van der Waals surface area contributed by atoms with Gasteiger partial charge >= 0.3 is 17.6 Å². The van der Waals surface area contributed by atoms with Crippen molar-refractivity contribution in [2.75, 3.05) is 0 Å².